The fourth-order valence-electron chi connectivity index (χ4n) is 3.23. The molecule has 0 unspecified atom stereocenters. The Balaban J connectivity index is 1.55. The minimum absolute atomic E-state index is 0.0890. The molecule has 0 spiro atoms. The third-order valence-electron chi connectivity index (χ3n) is 4.82. The van der Waals surface area contributed by atoms with Gasteiger partial charge in [0, 0.05) is 21.6 Å². The van der Waals surface area contributed by atoms with Crippen molar-refractivity contribution in [2.45, 2.75) is 30.3 Å². The van der Waals surface area contributed by atoms with Gasteiger partial charge in [0.15, 0.2) is 0 Å². The number of nitrogens with zero attached hydrogens (tertiary/aromatic N) is 2. The van der Waals surface area contributed by atoms with Gasteiger partial charge in [-0.1, -0.05) is 30.3 Å². The predicted molar refractivity (Wildman–Crippen MR) is 120 cm³/mol. The number of thioether (sulfide) groups is 1. The number of aliphatic carboxylic acids is 1. The smallest absolute Gasteiger partial charge is 0.416 e. The lowest BCUT2D eigenvalue weighted by molar-refractivity contribution is -0.138. The fourth-order valence-corrected chi connectivity index (χ4v) is 5.38. The molecule has 9 heteroatoms. The van der Waals surface area contributed by atoms with Gasteiger partial charge in [-0.15, -0.1) is 23.1 Å². The Morgan fingerprint density at radius 2 is 1.81 bits per heavy atom. The summed E-state index contributed by atoms with van der Waals surface area (Å²) in [7, 11) is 0. The van der Waals surface area contributed by atoms with E-state index in [2.05, 4.69) is 9.97 Å². The van der Waals surface area contributed by atoms with Gasteiger partial charge in [-0.05, 0) is 36.8 Å². The first-order chi connectivity index (χ1) is 15.2. The zero-order valence-corrected chi connectivity index (χ0v) is 18.4. The average molecular weight is 475 g/mol. The molecule has 2 aromatic carbocycles. The van der Waals surface area contributed by atoms with Crippen molar-refractivity contribution in [3.05, 3.63) is 76.3 Å². The number of pyridine rings is 1. The lowest BCUT2D eigenvalue weighted by atomic mass is 10.1. The summed E-state index contributed by atoms with van der Waals surface area (Å²) in [5.74, 6) is -0.334. The number of carbonyl (C=O) groups is 1. The molecule has 4 aromatic rings. The number of hydrogen-bond acceptors (Lipinski definition) is 5. The molecule has 0 fully saturated rings. The molecule has 0 aliphatic carbocycles. The van der Waals surface area contributed by atoms with Crippen LogP contribution in [0.5, 0.6) is 0 Å². The molecule has 0 saturated carbocycles. The maximum atomic E-state index is 12.8. The third-order valence-corrected chi connectivity index (χ3v) is 7.15. The van der Waals surface area contributed by atoms with E-state index in [0.717, 1.165) is 33.6 Å². The second-order valence-corrected chi connectivity index (χ2v) is 9.18. The molecular weight excluding hydrogens is 457 g/mol. The largest absolute Gasteiger partial charge is 0.481 e. The van der Waals surface area contributed by atoms with Gasteiger partial charge in [-0.2, -0.15) is 13.2 Å². The number of hydrogen-bond donors (Lipinski definition) is 1. The molecule has 0 aliphatic heterocycles. The van der Waals surface area contributed by atoms with Crippen LogP contribution in [0.4, 0.5) is 13.2 Å². The molecule has 0 aliphatic rings. The summed E-state index contributed by atoms with van der Waals surface area (Å²) < 4.78 is 38.4. The van der Waals surface area contributed by atoms with E-state index in [4.69, 9.17) is 0 Å². The molecule has 0 bridgehead atoms. The van der Waals surface area contributed by atoms with Gasteiger partial charge in [0.05, 0.1) is 28.2 Å². The topological polar surface area (TPSA) is 63.1 Å². The molecule has 4 rings (SSSR count). The summed E-state index contributed by atoms with van der Waals surface area (Å²) in [6, 6.07) is 14.2. The first kappa shape index (κ1) is 22.3. The monoisotopic (exact) mass is 474 g/mol. The SMILES string of the molecule is Cc1nc(-c2ccc(C(F)(F)F)cc2)sc1CSc1cc(CC(=O)O)c2ccccc2n1. The van der Waals surface area contributed by atoms with Gasteiger partial charge in [0.2, 0.25) is 0 Å². The quantitative estimate of drug-likeness (QED) is 0.319. The molecule has 0 saturated heterocycles. The molecule has 2 heterocycles. The number of halogens is 3. The highest BCUT2D eigenvalue weighted by Gasteiger charge is 2.30. The lowest BCUT2D eigenvalue weighted by Crippen LogP contribution is -2.03. The van der Waals surface area contributed by atoms with E-state index in [9.17, 15) is 23.1 Å². The average Bonchev–Trinajstić information content (AvgIpc) is 3.12. The number of benzene rings is 2. The van der Waals surface area contributed by atoms with Gasteiger partial charge in [0.25, 0.3) is 0 Å². The van der Waals surface area contributed by atoms with Crippen LogP contribution < -0.4 is 0 Å². The third kappa shape index (κ3) is 4.94. The van der Waals surface area contributed by atoms with Crippen molar-refractivity contribution in [1.82, 2.24) is 9.97 Å². The van der Waals surface area contributed by atoms with E-state index in [-0.39, 0.29) is 6.42 Å². The molecule has 32 heavy (non-hydrogen) atoms. The molecule has 2 aromatic heterocycles. The van der Waals surface area contributed by atoms with E-state index >= 15 is 0 Å². The normalized spacial score (nSPS) is 11.8. The van der Waals surface area contributed by atoms with Crippen molar-refractivity contribution in [2.75, 3.05) is 0 Å². The summed E-state index contributed by atoms with van der Waals surface area (Å²) in [6.45, 7) is 1.86. The van der Waals surface area contributed by atoms with Crippen LogP contribution >= 0.6 is 23.1 Å². The van der Waals surface area contributed by atoms with E-state index in [1.165, 1.54) is 35.2 Å². The number of thiazole rings is 1. The van der Waals surface area contributed by atoms with Crippen LogP contribution in [0.15, 0.2) is 59.6 Å². The van der Waals surface area contributed by atoms with Crippen LogP contribution in [-0.2, 0) is 23.1 Å². The Bertz CT molecular complexity index is 1280. The second-order valence-electron chi connectivity index (χ2n) is 7.10. The number of alkyl halides is 3. The van der Waals surface area contributed by atoms with Crippen LogP contribution in [0.25, 0.3) is 21.5 Å². The first-order valence-corrected chi connectivity index (χ1v) is 11.4. The molecule has 0 radical (unpaired) electrons. The first-order valence-electron chi connectivity index (χ1n) is 9.58. The van der Waals surface area contributed by atoms with Crippen molar-refractivity contribution < 1.29 is 23.1 Å². The zero-order chi connectivity index (χ0) is 22.9. The highest BCUT2D eigenvalue weighted by atomic mass is 32.2. The van der Waals surface area contributed by atoms with Crippen LogP contribution in [-0.4, -0.2) is 21.0 Å². The van der Waals surface area contributed by atoms with Crippen LogP contribution in [0.1, 0.15) is 21.7 Å². The van der Waals surface area contributed by atoms with Crippen molar-refractivity contribution >= 4 is 40.0 Å². The number of carboxylic acids is 1. The number of aryl methyl sites for hydroxylation is 1. The Morgan fingerprint density at radius 3 is 2.50 bits per heavy atom. The number of para-hydroxylation sites is 1. The zero-order valence-electron chi connectivity index (χ0n) is 16.8. The van der Waals surface area contributed by atoms with Crippen molar-refractivity contribution in [3.63, 3.8) is 0 Å². The number of aromatic nitrogens is 2. The Labute approximate surface area is 190 Å². The standard InChI is InChI=1S/C23H17F3N2O2S2/c1-13-19(32-22(27-13)14-6-8-16(9-7-14)23(24,25)26)12-31-20-10-15(11-21(29)30)17-4-2-3-5-18(17)28-20/h2-10H,11-12H2,1H3,(H,29,30). The second kappa shape index (κ2) is 8.91. The number of carboxylic acid groups (broad SMARTS) is 1. The maximum absolute atomic E-state index is 12.8. The molecule has 4 nitrogen and oxygen atoms in total. The highest BCUT2D eigenvalue weighted by Crippen LogP contribution is 2.35. The highest BCUT2D eigenvalue weighted by molar-refractivity contribution is 7.98. The summed E-state index contributed by atoms with van der Waals surface area (Å²) in [5.41, 5.74) is 2.20. The van der Waals surface area contributed by atoms with E-state index in [1.54, 1.807) is 6.07 Å². The summed E-state index contributed by atoms with van der Waals surface area (Å²) in [6.07, 6.45) is -4.46. The molecular formula is C23H17F3N2O2S2. The molecule has 164 valence electrons. The summed E-state index contributed by atoms with van der Waals surface area (Å²) >= 11 is 2.90. The van der Waals surface area contributed by atoms with Gasteiger partial charge < -0.3 is 5.11 Å². The van der Waals surface area contributed by atoms with Gasteiger partial charge >= 0.3 is 12.1 Å². The van der Waals surface area contributed by atoms with Crippen molar-refractivity contribution in [2.24, 2.45) is 0 Å². The van der Waals surface area contributed by atoms with E-state index in [0.29, 0.717) is 26.9 Å². The number of fused-ring (bicyclic) bond motifs is 1. The number of rotatable bonds is 6. The predicted octanol–water partition coefficient (Wildman–Crippen LogP) is 6.60. The van der Waals surface area contributed by atoms with Crippen LogP contribution in [0.2, 0.25) is 0 Å². The minimum Gasteiger partial charge on any atom is -0.481 e. The fraction of sp³-hybridized carbons (Fsp3) is 0.174. The Hall–Kier alpha value is -2.91. The molecule has 0 amide bonds. The van der Waals surface area contributed by atoms with E-state index < -0.39 is 17.7 Å². The summed E-state index contributed by atoms with van der Waals surface area (Å²) in [4.78, 5) is 21.4. The molecule has 0 atom stereocenters. The van der Waals surface area contributed by atoms with E-state index in [1.807, 2.05) is 31.2 Å². The maximum Gasteiger partial charge on any atom is 0.416 e. The molecule has 1 N–H and O–H groups in total. The van der Waals surface area contributed by atoms with Gasteiger partial charge in [-0.3, -0.25) is 4.79 Å². The van der Waals surface area contributed by atoms with Crippen LogP contribution in [0, 0.1) is 6.92 Å². The van der Waals surface area contributed by atoms with Gasteiger partial charge in [-0.25, -0.2) is 9.97 Å². The van der Waals surface area contributed by atoms with Crippen LogP contribution in [0.3, 0.4) is 0 Å². The summed E-state index contributed by atoms with van der Waals surface area (Å²) in [5, 5.41) is 11.4. The Kier molecular flexibility index (Phi) is 6.21. The lowest BCUT2D eigenvalue weighted by Gasteiger charge is -2.08. The minimum atomic E-state index is -4.37. The Morgan fingerprint density at radius 1 is 1.09 bits per heavy atom. The van der Waals surface area contributed by atoms with Crippen molar-refractivity contribution in [3.8, 4) is 10.6 Å². The van der Waals surface area contributed by atoms with Gasteiger partial charge in [0.1, 0.15) is 5.01 Å². The van der Waals surface area contributed by atoms with Crippen molar-refractivity contribution in [1.29, 1.82) is 0 Å².